The fourth-order valence-electron chi connectivity index (χ4n) is 3.13. The average Bonchev–Trinajstić information content (AvgIpc) is 2.71. The highest BCUT2D eigenvalue weighted by atomic mass is 32.2. The second-order valence-electron chi connectivity index (χ2n) is 7.27. The number of hydrogen-bond donors (Lipinski definition) is 2. The zero-order valence-electron chi connectivity index (χ0n) is 17.3. The molecular formula is C22H27N3O4S. The van der Waals surface area contributed by atoms with E-state index in [0.29, 0.717) is 24.6 Å². The molecule has 160 valence electrons. The lowest BCUT2D eigenvalue weighted by molar-refractivity contribution is -0.114. The first-order valence-corrected chi connectivity index (χ1v) is 11.3. The second kappa shape index (κ2) is 10.4. The van der Waals surface area contributed by atoms with Gasteiger partial charge in [0.15, 0.2) is 0 Å². The van der Waals surface area contributed by atoms with Crippen LogP contribution in [0.4, 0.5) is 17.1 Å². The summed E-state index contributed by atoms with van der Waals surface area (Å²) in [7, 11) is -1.59. The molecule has 0 aliphatic carbocycles. The number of morpholine rings is 1. The van der Waals surface area contributed by atoms with Crippen molar-refractivity contribution in [3.8, 4) is 0 Å². The van der Waals surface area contributed by atoms with Gasteiger partial charge in [-0.1, -0.05) is 6.07 Å². The van der Waals surface area contributed by atoms with Gasteiger partial charge in [0.1, 0.15) is 11.5 Å². The number of hydrogen-bond acceptors (Lipinski definition) is 5. The topological polar surface area (TPSA) is 87.7 Å². The van der Waals surface area contributed by atoms with E-state index in [1.807, 2.05) is 50.2 Å². The van der Waals surface area contributed by atoms with Gasteiger partial charge in [-0.25, -0.2) is 0 Å². The van der Waals surface area contributed by atoms with Crippen molar-refractivity contribution in [2.75, 3.05) is 53.3 Å². The van der Waals surface area contributed by atoms with Gasteiger partial charge in [-0.3, -0.25) is 13.8 Å². The molecule has 1 aliphatic rings. The van der Waals surface area contributed by atoms with Crippen molar-refractivity contribution < 1.29 is 18.5 Å². The van der Waals surface area contributed by atoms with Gasteiger partial charge < -0.3 is 20.3 Å². The Balaban J connectivity index is 1.45. The van der Waals surface area contributed by atoms with Crippen molar-refractivity contribution in [1.82, 2.24) is 0 Å². The molecule has 2 aromatic carbocycles. The molecule has 7 nitrogen and oxygen atoms in total. The van der Waals surface area contributed by atoms with E-state index in [4.69, 9.17) is 4.74 Å². The van der Waals surface area contributed by atoms with Crippen molar-refractivity contribution in [2.45, 2.75) is 13.8 Å². The highest BCUT2D eigenvalue weighted by molar-refractivity contribution is 7.86. The Bertz CT molecular complexity index is 924. The number of amides is 2. The maximum Gasteiger partial charge on any atom is 0.237 e. The predicted octanol–water partition coefficient (Wildman–Crippen LogP) is 2.47. The lowest BCUT2D eigenvalue weighted by Gasteiger charge is -2.28. The summed E-state index contributed by atoms with van der Waals surface area (Å²) in [6.45, 7) is 7.05. The number of aryl methyl sites for hydroxylation is 2. The Morgan fingerprint density at radius 3 is 2.07 bits per heavy atom. The smallest absolute Gasteiger partial charge is 0.237 e. The number of anilines is 3. The van der Waals surface area contributed by atoms with Crippen LogP contribution in [0.15, 0.2) is 42.5 Å². The maximum absolute atomic E-state index is 12.2. The summed E-state index contributed by atoms with van der Waals surface area (Å²) < 4.78 is 17.5. The molecule has 1 saturated heterocycles. The molecule has 2 amide bonds. The van der Waals surface area contributed by atoms with Crippen molar-refractivity contribution in [1.29, 1.82) is 0 Å². The molecule has 30 heavy (non-hydrogen) atoms. The number of carbonyl (C=O) groups excluding carboxylic acids is 2. The van der Waals surface area contributed by atoms with Crippen LogP contribution in [0.25, 0.3) is 0 Å². The minimum absolute atomic E-state index is 0.226. The minimum Gasteiger partial charge on any atom is -0.378 e. The Morgan fingerprint density at radius 2 is 1.47 bits per heavy atom. The molecule has 1 atom stereocenters. The first kappa shape index (κ1) is 22.0. The third-order valence-electron chi connectivity index (χ3n) is 4.90. The van der Waals surface area contributed by atoms with Gasteiger partial charge in [0.25, 0.3) is 0 Å². The van der Waals surface area contributed by atoms with Crippen LogP contribution in [0.2, 0.25) is 0 Å². The molecule has 0 aromatic heterocycles. The van der Waals surface area contributed by atoms with Gasteiger partial charge >= 0.3 is 0 Å². The third-order valence-corrected chi connectivity index (χ3v) is 6.07. The van der Waals surface area contributed by atoms with Gasteiger partial charge in [-0.2, -0.15) is 0 Å². The predicted molar refractivity (Wildman–Crippen MR) is 121 cm³/mol. The van der Waals surface area contributed by atoms with Crippen LogP contribution in [-0.2, 0) is 25.1 Å². The molecule has 3 rings (SSSR count). The van der Waals surface area contributed by atoms with E-state index in [0.717, 1.165) is 29.9 Å². The minimum atomic E-state index is -1.59. The Labute approximate surface area is 179 Å². The van der Waals surface area contributed by atoms with E-state index in [-0.39, 0.29) is 23.3 Å². The van der Waals surface area contributed by atoms with Gasteiger partial charge in [-0.05, 0) is 61.4 Å². The fraction of sp³-hybridized carbons (Fsp3) is 0.364. The summed E-state index contributed by atoms with van der Waals surface area (Å²) in [5, 5.41) is 5.46. The van der Waals surface area contributed by atoms with E-state index >= 15 is 0 Å². The highest BCUT2D eigenvalue weighted by Gasteiger charge is 2.14. The zero-order chi connectivity index (χ0) is 21.5. The molecule has 1 heterocycles. The molecule has 0 spiro atoms. The average molecular weight is 430 g/mol. The molecular weight excluding hydrogens is 402 g/mol. The molecule has 0 radical (unpaired) electrons. The lowest BCUT2D eigenvalue weighted by Crippen LogP contribution is -2.36. The van der Waals surface area contributed by atoms with Crippen LogP contribution < -0.4 is 15.5 Å². The maximum atomic E-state index is 12.2. The normalized spacial score (nSPS) is 14.8. The SMILES string of the molecule is Cc1ccc(NC(=O)CS(=O)CC(=O)Nc2ccc(N3CCOCC3)cc2)cc1C. The monoisotopic (exact) mass is 429 g/mol. The number of benzene rings is 2. The summed E-state index contributed by atoms with van der Waals surface area (Å²) >= 11 is 0. The quantitative estimate of drug-likeness (QED) is 0.706. The fourth-order valence-corrected chi connectivity index (χ4v) is 3.97. The van der Waals surface area contributed by atoms with Crippen LogP contribution in [0, 0.1) is 13.8 Å². The molecule has 1 unspecified atom stereocenters. The standard InChI is InChI=1S/C22H27N3O4S/c1-16-3-4-19(13-17(16)2)24-22(27)15-30(28)14-21(26)23-18-5-7-20(8-6-18)25-9-11-29-12-10-25/h3-8,13H,9-12,14-15H2,1-2H3,(H,23,26)(H,24,27). The lowest BCUT2D eigenvalue weighted by atomic mass is 10.1. The largest absolute Gasteiger partial charge is 0.378 e. The molecule has 0 bridgehead atoms. The van der Waals surface area contributed by atoms with E-state index in [1.54, 1.807) is 6.07 Å². The summed E-state index contributed by atoms with van der Waals surface area (Å²) in [5.41, 5.74) is 4.56. The van der Waals surface area contributed by atoms with Gasteiger partial charge in [0.05, 0.1) is 13.2 Å². The van der Waals surface area contributed by atoms with Gasteiger partial charge in [0.2, 0.25) is 11.8 Å². The first-order chi connectivity index (χ1) is 14.4. The number of ether oxygens (including phenoxy) is 1. The molecule has 2 N–H and O–H groups in total. The highest BCUT2D eigenvalue weighted by Crippen LogP contribution is 2.19. The summed E-state index contributed by atoms with van der Waals surface area (Å²) in [6, 6.07) is 13.1. The number of nitrogens with one attached hydrogen (secondary N) is 2. The molecule has 8 heteroatoms. The van der Waals surface area contributed by atoms with Crippen LogP contribution >= 0.6 is 0 Å². The van der Waals surface area contributed by atoms with E-state index < -0.39 is 10.8 Å². The molecule has 2 aromatic rings. The van der Waals surface area contributed by atoms with Crippen LogP contribution in [0.5, 0.6) is 0 Å². The molecule has 1 aliphatic heterocycles. The van der Waals surface area contributed by atoms with E-state index in [9.17, 15) is 13.8 Å². The zero-order valence-corrected chi connectivity index (χ0v) is 18.1. The molecule has 1 fully saturated rings. The second-order valence-corrected chi connectivity index (χ2v) is 8.73. The van der Waals surface area contributed by atoms with Crippen molar-refractivity contribution >= 4 is 39.7 Å². The molecule has 0 saturated carbocycles. The summed E-state index contributed by atoms with van der Waals surface area (Å²) in [4.78, 5) is 26.5. The Kier molecular flexibility index (Phi) is 7.59. The summed E-state index contributed by atoms with van der Waals surface area (Å²) in [6.07, 6.45) is 0. The first-order valence-electron chi connectivity index (χ1n) is 9.85. The number of rotatable bonds is 7. The Morgan fingerprint density at radius 1 is 0.900 bits per heavy atom. The van der Waals surface area contributed by atoms with Crippen molar-refractivity contribution in [2.24, 2.45) is 0 Å². The van der Waals surface area contributed by atoms with Gasteiger partial charge in [-0.15, -0.1) is 0 Å². The number of carbonyl (C=O) groups is 2. The van der Waals surface area contributed by atoms with Crippen molar-refractivity contribution in [3.05, 3.63) is 53.6 Å². The van der Waals surface area contributed by atoms with Crippen LogP contribution in [0.1, 0.15) is 11.1 Å². The third kappa shape index (κ3) is 6.40. The van der Waals surface area contributed by atoms with Crippen LogP contribution in [0.3, 0.4) is 0 Å². The number of nitrogens with zero attached hydrogens (tertiary/aromatic N) is 1. The Hall–Kier alpha value is -2.71. The van der Waals surface area contributed by atoms with E-state index in [1.165, 1.54) is 0 Å². The van der Waals surface area contributed by atoms with E-state index in [2.05, 4.69) is 15.5 Å². The van der Waals surface area contributed by atoms with Crippen molar-refractivity contribution in [3.63, 3.8) is 0 Å². The van der Waals surface area contributed by atoms with Gasteiger partial charge in [0, 0.05) is 41.0 Å². The summed E-state index contributed by atoms with van der Waals surface area (Å²) in [5.74, 6) is -1.22. The van der Waals surface area contributed by atoms with Crippen LogP contribution in [-0.4, -0.2) is 53.8 Å².